The molecular weight excluding hydrogens is 366 g/mol. The lowest BCUT2D eigenvalue weighted by molar-refractivity contribution is 0.122. The van der Waals surface area contributed by atoms with Crippen molar-refractivity contribution in [1.29, 1.82) is 0 Å². The van der Waals surface area contributed by atoms with Gasteiger partial charge in [0, 0.05) is 43.7 Å². The fraction of sp³-hybridized carbons (Fsp3) is 0.500. The summed E-state index contributed by atoms with van der Waals surface area (Å²) in [4.78, 5) is 26.6. The van der Waals surface area contributed by atoms with Gasteiger partial charge in [-0.3, -0.25) is 0 Å². The van der Waals surface area contributed by atoms with Crippen LogP contribution in [0.25, 0.3) is 11.4 Å². The number of fused-ring (bicyclic) bond motifs is 1. The Morgan fingerprint density at radius 2 is 1.93 bits per heavy atom. The number of anilines is 1. The van der Waals surface area contributed by atoms with E-state index < -0.39 is 0 Å². The highest BCUT2D eigenvalue weighted by Gasteiger charge is 2.28. The van der Waals surface area contributed by atoms with Gasteiger partial charge in [0.25, 0.3) is 0 Å². The summed E-state index contributed by atoms with van der Waals surface area (Å²) in [7, 11) is 0. The van der Waals surface area contributed by atoms with Crippen molar-refractivity contribution in [3.8, 4) is 11.4 Å². The lowest BCUT2D eigenvalue weighted by Gasteiger charge is -2.34. The Hall–Kier alpha value is -2.67. The minimum absolute atomic E-state index is 0.00385. The molecule has 154 valence electrons. The minimum atomic E-state index is 0.00385. The van der Waals surface area contributed by atoms with Crippen LogP contribution in [0.15, 0.2) is 30.3 Å². The molecule has 2 aromatic rings. The van der Waals surface area contributed by atoms with E-state index in [0.717, 1.165) is 67.4 Å². The summed E-state index contributed by atoms with van der Waals surface area (Å²) in [6.45, 7) is 7.08. The maximum Gasteiger partial charge on any atom is 0.317 e. The van der Waals surface area contributed by atoms with Crippen LogP contribution >= 0.6 is 0 Å². The number of unbranched alkanes of at least 4 members (excludes halogenated alkanes) is 1. The summed E-state index contributed by atoms with van der Waals surface area (Å²) in [5.74, 6) is 1.70. The first-order valence-corrected chi connectivity index (χ1v) is 10.6. The molecule has 2 aliphatic rings. The molecule has 1 saturated heterocycles. The number of morpholine rings is 1. The number of nitrogens with one attached hydrogen (secondary N) is 1. The molecule has 0 spiro atoms. The van der Waals surface area contributed by atoms with Crippen molar-refractivity contribution < 1.29 is 9.53 Å². The number of nitrogens with zero attached hydrogens (tertiary/aromatic N) is 4. The SMILES string of the molecule is CCCCNC(=O)N1CCc2nc(-c3ccccc3)nc(N3CCOCC3)c2C1. The number of hydrogen-bond donors (Lipinski definition) is 1. The molecule has 0 atom stereocenters. The van der Waals surface area contributed by atoms with Gasteiger partial charge >= 0.3 is 6.03 Å². The maximum absolute atomic E-state index is 12.6. The lowest BCUT2D eigenvalue weighted by Crippen LogP contribution is -2.44. The first-order valence-electron chi connectivity index (χ1n) is 10.6. The van der Waals surface area contributed by atoms with Crippen LogP contribution in [0.2, 0.25) is 0 Å². The van der Waals surface area contributed by atoms with Gasteiger partial charge in [0.05, 0.1) is 25.5 Å². The molecule has 2 aliphatic heterocycles. The number of hydrogen-bond acceptors (Lipinski definition) is 5. The van der Waals surface area contributed by atoms with Crippen molar-refractivity contribution >= 4 is 11.8 Å². The van der Waals surface area contributed by atoms with Crippen molar-refractivity contribution in [3.05, 3.63) is 41.6 Å². The Morgan fingerprint density at radius 1 is 1.14 bits per heavy atom. The highest BCUT2D eigenvalue weighted by atomic mass is 16.5. The number of rotatable bonds is 5. The highest BCUT2D eigenvalue weighted by molar-refractivity contribution is 5.75. The van der Waals surface area contributed by atoms with Gasteiger partial charge in [0.15, 0.2) is 5.82 Å². The van der Waals surface area contributed by atoms with E-state index in [1.54, 1.807) is 0 Å². The van der Waals surface area contributed by atoms with E-state index in [4.69, 9.17) is 14.7 Å². The summed E-state index contributed by atoms with van der Waals surface area (Å²) in [5, 5.41) is 3.03. The molecule has 7 nitrogen and oxygen atoms in total. The predicted octanol–water partition coefficient (Wildman–Crippen LogP) is 2.85. The maximum atomic E-state index is 12.6. The molecule has 1 N–H and O–H groups in total. The van der Waals surface area contributed by atoms with Gasteiger partial charge in [0.1, 0.15) is 5.82 Å². The van der Waals surface area contributed by atoms with Gasteiger partial charge in [-0.05, 0) is 6.42 Å². The number of carbonyl (C=O) groups excluding carboxylic acids is 1. The van der Waals surface area contributed by atoms with Crippen LogP contribution in [-0.2, 0) is 17.7 Å². The van der Waals surface area contributed by atoms with Crippen molar-refractivity contribution in [3.63, 3.8) is 0 Å². The number of amides is 2. The smallest absolute Gasteiger partial charge is 0.317 e. The number of benzene rings is 1. The zero-order valence-electron chi connectivity index (χ0n) is 17.1. The molecule has 1 fully saturated rings. The van der Waals surface area contributed by atoms with E-state index in [9.17, 15) is 4.79 Å². The molecule has 29 heavy (non-hydrogen) atoms. The molecule has 0 aliphatic carbocycles. The van der Waals surface area contributed by atoms with E-state index in [0.29, 0.717) is 26.3 Å². The molecule has 4 rings (SSSR count). The normalized spacial score (nSPS) is 16.4. The standard InChI is InChI=1S/C22H29N5O2/c1-2-3-10-23-22(28)27-11-9-19-18(16-27)21(26-12-14-29-15-13-26)25-20(24-19)17-7-5-4-6-8-17/h4-8H,2-3,9-16H2,1H3,(H,23,28). The quantitative estimate of drug-likeness (QED) is 0.789. The Balaban J connectivity index is 1.64. The summed E-state index contributed by atoms with van der Waals surface area (Å²) >= 11 is 0. The van der Waals surface area contributed by atoms with E-state index in [1.165, 1.54) is 0 Å². The van der Waals surface area contributed by atoms with Crippen molar-refractivity contribution in [2.45, 2.75) is 32.7 Å². The molecule has 0 unspecified atom stereocenters. The Kier molecular flexibility index (Phi) is 6.24. The molecule has 1 aromatic carbocycles. The third-order valence-electron chi connectivity index (χ3n) is 5.47. The molecule has 1 aromatic heterocycles. The van der Waals surface area contributed by atoms with Crippen LogP contribution in [0.4, 0.5) is 10.6 Å². The van der Waals surface area contributed by atoms with Gasteiger partial charge in [0.2, 0.25) is 0 Å². The molecule has 0 bridgehead atoms. The van der Waals surface area contributed by atoms with Gasteiger partial charge in [-0.25, -0.2) is 14.8 Å². The number of urea groups is 1. The zero-order valence-corrected chi connectivity index (χ0v) is 17.1. The lowest BCUT2D eigenvalue weighted by atomic mass is 10.0. The van der Waals surface area contributed by atoms with Crippen LogP contribution in [0.3, 0.4) is 0 Å². The van der Waals surface area contributed by atoms with Gasteiger partial charge < -0.3 is 19.9 Å². The van der Waals surface area contributed by atoms with Crippen LogP contribution in [-0.4, -0.2) is 60.3 Å². The van der Waals surface area contributed by atoms with E-state index in [1.807, 2.05) is 35.2 Å². The summed E-state index contributed by atoms with van der Waals surface area (Å²) < 4.78 is 5.53. The van der Waals surface area contributed by atoms with Gasteiger partial charge in [-0.2, -0.15) is 0 Å². The first-order chi connectivity index (χ1) is 14.3. The molecule has 0 saturated carbocycles. The number of carbonyl (C=O) groups is 1. The largest absolute Gasteiger partial charge is 0.378 e. The first kappa shape index (κ1) is 19.6. The van der Waals surface area contributed by atoms with Crippen molar-refractivity contribution in [2.75, 3.05) is 44.3 Å². The fourth-order valence-electron chi connectivity index (χ4n) is 3.81. The molecule has 3 heterocycles. The second-order valence-electron chi connectivity index (χ2n) is 7.52. The van der Waals surface area contributed by atoms with E-state index >= 15 is 0 Å². The Labute approximate surface area is 172 Å². The Morgan fingerprint density at radius 3 is 2.69 bits per heavy atom. The predicted molar refractivity (Wildman–Crippen MR) is 113 cm³/mol. The average molecular weight is 396 g/mol. The van der Waals surface area contributed by atoms with E-state index in [-0.39, 0.29) is 6.03 Å². The molecule has 0 radical (unpaired) electrons. The average Bonchev–Trinajstić information content (AvgIpc) is 2.79. The second kappa shape index (κ2) is 9.22. The van der Waals surface area contributed by atoms with Crippen LogP contribution < -0.4 is 10.2 Å². The second-order valence-corrected chi connectivity index (χ2v) is 7.52. The topological polar surface area (TPSA) is 70.6 Å². The minimum Gasteiger partial charge on any atom is -0.378 e. The highest BCUT2D eigenvalue weighted by Crippen LogP contribution is 2.30. The van der Waals surface area contributed by atoms with Crippen LogP contribution in [0.1, 0.15) is 31.0 Å². The summed E-state index contributed by atoms with van der Waals surface area (Å²) in [6, 6.07) is 10.1. The number of ether oxygens (including phenoxy) is 1. The third-order valence-corrected chi connectivity index (χ3v) is 5.47. The molecule has 7 heteroatoms. The number of aromatic nitrogens is 2. The monoisotopic (exact) mass is 395 g/mol. The third kappa shape index (κ3) is 4.50. The zero-order chi connectivity index (χ0) is 20.1. The Bertz CT molecular complexity index is 837. The van der Waals surface area contributed by atoms with Gasteiger partial charge in [-0.1, -0.05) is 43.7 Å². The molecule has 2 amide bonds. The summed E-state index contributed by atoms with van der Waals surface area (Å²) in [6.07, 6.45) is 2.81. The van der Waals surface area contributed by atoms with Crippen LogP contribution in [0, 0.1) is 0 Å². The molecular formula is C22H29N5O2. The van der Waals surface area contributed by atoms with Crippen molar-refractivity contribution in [2.24, 2.45) is 0 Å². The fourth-order valence-corrected chi connectivity index (χ4v) is 3.81. The van der Waals surface area contributed by atoms with Crippen molar-refractivity contribution in [1.82, 2.24) is 20.2 Å². The van der Waals surface area contributed by atoms with Crippen LogP contribution in [0.5, 0.6) is 0 Å². The summed E-state index contributed by atoms with van der Waals surface area (Å²) in [5.41, 5.74) is 3.14. The van der Waals surface area contributed by atoms with E-state index in [2.05, 4.69) is 17.1 Å². The van der Waals surface area contributed by atoms with Gasteiger partial charge in [-0.15, -0.1) is 0 Å².